The van der Waals surface area contributed by atoms with Crippen molar-refractivity contribution in [2.75, 3.05) is 20.1 Å². The molecule has 0 aliphatic rings. The topological polar surface area (TPSA) is 56.8 Å². The summed E-state index contributed by atoms with van der Waals surface area (Å²) in [7, 11) is 0.411. The Hall–Kier alpha value is -1.16. The fourth-order valence-corrected chi connectivity index (χ4v) is 4.11. The van der Waals surface area contributed by atoms with E-state index in [0.717, 1.165) is 16.9 Å². The van der Waals surface area contributed by atoms with Gasteiger partial charge in [0.05, 0.1) is 6.61 Å². The third-order valence-electron chi connectivity index (χ3n) is 3.96. The Labute approximate surface area is 159 Å². The first kappa shape index (κ1) is 22.9. The number of ether oxygens (including phenoxy) is 2. The maximum absolute atomic E-state index is 12.2. The first-order chi connectivity index (χ1) is 12.1. The number of carbonyl (C=O) groups excluding carboxylic acids is 1. The van der Waals surface area contributed by atoms with Crippen molar-refractivity contribution < 1.29 is 18.8 Å². The lowest BCUT2D eigenvalue weighted by molar-refractivity contribution is -0.148. The number of hydrogen-bond acceptors (Lipinski definition) is 5. The van der Waals surface area contributed by atoms with Gasteiger partial charge in [0.25, 0.3) is 0 Å². The highest BCUT2D eigenvalue weighted by Crippen LogP contribution is 2.43. The van der Waals surface area contributed by atoms with Crippen molar-refractivity contribution in [3.8, 4) is 5.75 Å². The molecular weight excluding hydrogens is 349 g/mol. The van der Waals surface area contributed by atoms with Gasteiger partial charge in [0.15, 0.2) is 8.30 Å². The summed E-state index contributed by atoms with van der Waals surface area (Å²) >= 11 is 0. The first-order valence-electron chi connectivity index (χ1n) is 9.16. The van der Waals surface area contributed by atoms with E-state index in [4.69, 9.17) is 14.0 Å². The van der Waals surface area contributed by atoms with E-state index in [2.05, 4.69) is 51.0 Å². The highest BCUT2D eigenvalue weighted by molar-refractivity contribution is 7.50. The number of benzene rings is 1. The number of nitrogens with one attached hydrogen (secondary N) is 1. The molecule has 6 heteroatoms. The van der Waals surface area contributed by atoms with Crippen molar-refractivity contribution in [3.05, 3.63) is 29.3 Å². The Morgan fingerprint density at radius 2 is 1.69 bits per heavy atom. The van der Waals surface area contributed by atoms with Gasteiger partial charge in [-0.3, -0.25) is 4.79 Å². The number of para-hydroxylation sites is 1. The zero-order valence-electron chi connectivity index (χ0n) is 17.4. The van der Waals surface area contributed by atoms with E-state index in [1.807, 2.05) is 0 Å². The molecule has 5 nitrogen and oxygen atoms in total. The average molecular weight is 383 g/mol. The van der Waals surface area contributed by atoms with E-state index in [9.17, 15) is 4.79 Å². The predicted octanol–water partition coefficient (Wildman–Crippen LogP) is 5.16. The van der Waals surface area contributed by atoms with Crippen LogP contribution < -0.4 is 9.61 Å². The molecule has 1 aromatic carbocycles. The van der Waals surface area contributed by atoms with Crippen molar-refractivity contribution in [3.63, 3.8) is 0 Å². The Balaban J connectivity index is 3.16. The summed E-state index contributed by atoms with van der Waals surface area (Å²) in [5.74, 6) is 1.27. The lowest BCUT2D eigenvalue weighted by Gasteiger charge is -2.31. The molecule has 1 unspecified atom stereocenters. The Morgan fingerprint density at radius 1 is 1.15 bits per heavy atom. The quantitative estimate of drug-likeness (QED) is 0.447. The van der Waals surface area contributed by atoms with Gasteiger partial charge in [0, 0.05) is 7.11 Å². The molecule has 1 rings (SSSR count). The van der Waals surface area contributed by atoms with E-state index in [-0.39, 0.29) is 5.97 Å². The average Bonchev–Trinajstić information content (AvgIpc) is 2.54. The summed E-state index contributed by atoms with van der Waals surface area (Å²) in [5, 5.41) is 3.30. The van der Waals surface area contributed by atoms with Crippen LogP contribution in [0.2, 0.25) is 0 Å². The molecule has 0 aliphatic heterocycles. The van der Waals surface area contributed by atoms with Crippen LogP contribution in [0.4, 0.5) is 0 Å². The Bertz CT molecular complexity index is 561. The van der Waals surface area contributed by atoms with Crippen LogP contribution in [0.5, 0.6) is 5.75 Å². The van der Waals surface area contributed by atoms with E-state index < -0.39 is 13.8 Å². The Kier molecular flexibility index (Phi) is 9.02. The second kappa shape index (κ2) is 10.2. The third kappa shape index (κ3) is 6.22. The normalized spacial score (nSPS) is 13.2. The van der Waals surface area contributed by atoms with Crippen LogP contribution in [-0.4, -0.2) is 31.6 Å². The standard InChI is InChI=1S/C20H34NO4P/c1-9-24-19(22)20(6,7)21-26(13-23-8)25-18-16(14(2)3)11-10-12-17(18)15(4)5/h10-12,14-15,21H,9,13H2,1-8H3. The smallest absolute Gasteiger partial charge is 0.326 e. The van der Waals surface area contributed by atoms with Gasteiger partial charge in [0.1, 0.15) is 17.6 Å². The second-order valence-electron chi connectivity index (χ2n) is 7.42. The molecule has 0 heterocycles. The highest BCUT2D eigenvalue weighted by Gasteiger charge is 2.33. The molecule has 0 saturated carbocycles. The molecule has 0 radical (unpaired) electrons. The summed E-state index contributed by atoms with van der Waals surface area (Å²) in [5.41, 5.74) is 1.47. The molecule has 0 aromatic heterocycles. The summed E-state index contributed by atoms with van der Waals surface area (Å²) < 4.78 is 16.9. The summed E-state index contributed by atoms with van der Waals surface area (Å²) in [6, 6.07) is 6.28. The minimum atomic E-state index is -1.22. The SMILES string of the molecule is CCOC(=O)C(C)(C)NP(COC)Oc1c(C(C)C)cccc1C(C)C. The molecule has 0 saturated heterocycles. The zero-order valence-corrected chi connectivity index (χ0v) is 18.3. The highest BCUT2D eigenvalue weighted by atomic mass is 31.2. The molecule has 148 valence electrons. The molecule has 1 atom stereocenters. The molecule has 0 bridgehead atoms. The molecular formula is C20H34NO4P. The third-order valence-corrected chi connectivity index (χ3v) is 5.66. The Morgan fingerprint density at radius 3 is 2.12 bits per heavy atom. The maximum Gasteiger partial charge on any atom is 0.326 e. The van der Waals surface area contributed by atoms with E-state index in [1.165, 1.54) is 0 Å². The molecule has 0 spiro atoms. The van der Waals surface area contributed by atoms with Gasteiger partial charge in [-0.15, -0.1) is 0 Å². The monoisotopic (exact) mass is 383 g/mol. The van der Waals surface area contributed by atoms with Crippen LogP contribution in [0.25, 0.3) is 0 Å². The van der Waals surface area contributed by atoms with Crippen molar-refractivity contribution >= 4 is 14.3 Å². The van der Waals surface area contributed by atoms with Crippen LogP contribution in [0, 0.1) is 0 Å². The van der Waals surface area contributed by atoms with E-state index in [1.54, 1.807) is 27.9 Å². The van der Waals surface area contributed by atoms with Gasteiger partial charge in [-0.1, -0.05) is 45.9 Å². The van der Waals surface area contributed by atoms with Gasteiger partial charge in [-0.2, -0.15) is 0 Å². The van der Waals surface area contributed by atoms with Crippen LogP contribution in [0.1, 0.15) is 71.4 Å². The summed E-state index contributed by atoms with van der Waals surface area (Å²) in [6.07, 6.45) is 0.377. The molecule has 0 amide bonds. The van der Waals surface area contributed by atoms with Gasteiger partial charge >= 0.3 is 5.97 Å². The van der Waals surface area contributed by atoms with Crippen molar-refractivity contribution in [1.29, 1.82) is 0 Å². The van der Waals surface area contributed by atoms with E-state index in [0.29, 0.717) is 24.8 Å². The van der Waals surface area contributed by atoms with Crippen LogP contribution in [0.15, 0.2) is 18.2 Å². The summed E-state index contributed by atoms with van der Waals surface area (Å²) in [6.45, 7) is 14.4. The van der Waals surface area contributed by atoms with Gasteiger partial charge in [0.2, 0.25) is 0 Å². The number of hydrogen-bond donors (Lipinski definition) is 1. The van der Waals surface area contributed by atoms with Gasteiger partial charge in [-0.25, -0.2) is 5.09 Å². The fraction of sp³-hybridized carbons (Fsp3) is 0.650. The van der Waals surface area contributed by atoms with Gasteiger partial charge < -0.3 is 14.0 Å². The molecule has 26 heavy (non-hydrogen) atoms. The van der Waals surface area contributed by atoms with Crippen molar-refractivity contribution in [2.45, 2.75) is 65.8 Å². The first-order valence-corrected chi connectivity index (χ1v) is 10.6. The van der Waals surface area contributed by atoms with Crippen molar-refractivity contribution in [1.82, 2.24) is 5.09 Å². The number of carbonyl (C=O) groups is 1. The minimum Gasteiger partial charge on any atom is -0.465 e. The van der Waals surface area contributed by atoms with Crippen LogP contribution >= 0.6 is 8.30 Å². The maximum atomic E-state index is 12.2. The van der Waals surface area contributed by atoms with Crippen LogP contribution in [-0.2, 0) is 14.3 Å². The number of rotatable bonds is 10. The zero-order chi connectivity index (χ0) is 19.9. The van der Waals surface area contributed by atoms with Crippen molar-refractivity contribution in [2.24, 2.45) is 0 Å². The largest absolute Gasteiger partial charge is 0.465 e. The second-order valence-corrected chi connectivity index (χ2v) is 8.84. The van der Waals surface area contributed by atoms with Crippen LogP contribution in [0.3, 0.4) is 0 Å². The lowest BCUT2D eigenvalue weighted by Crippen LogP contribution is -2.46. The molecule has 0 aliphatic carbocycles. The predicted molar refractivity (Wildman–Crippen MR) is 108 cm³/mol. The lowest BCUT2D eigenvalue weighted by atomic mass is 9.94. The van der Waals surface area contributed by atoms with E-state index >= 15 is 0 Å². The molecule has 0 fully saturated rings. The van der Waals surface area contributed by atoms with Gasteiger partial charge in [-0.05, 0) is 43.7 Å². The molecule has 1 aromatic rings. The fourth-order valence-electron chi connectivity index (χ4n) is 2.57. The number of methoxy groups -OCH3 is 1. The summed E-state index contributed by atoms with van der Waals surface area (Å²) in [4.78, 5) is 12.2. The minimum absolute atomic E-state index is 0.298. The molecule has 1 N–H and O–H groups in total. The number of esters is 1.